The highest BCUT2D eigenvalue weighted by molar-refractivity contribution is 6.07. The van der Waals surface area contributed by atoms with Gasteiger partial charge in [-0.15, -0.1) is 0 Å². The first-order chi connectivity index (χ1) is 15.0. The summed E-state index contributed by atoms with van der Waals surface area (Å²) in [5.74, 6) is 1.31. The van der Waals surface area contributed by atoms with Crippen molar-refractivity contribution in [2.24, 2.45) is 7.05 Å². The van der Waals surface area contributed by atoms with Crippen molar-refractivity contribution in [3.63, 3.8) is 0 Å². The fourth-order valence-corrected chi connectivity index (χ4v) is 2.97. The fourth-order valence-electron chi connectivity index (χ4n) is 2.97. The molecule has 160 valence electrons. The topological polar surface area (TPSA) is 91.7 Å². The largest absolute Gasteiger partial charge is 0.493 e. The lowest BCUT2D eigenvalue weighted by atomic mass is 10.1. The van der Waals surface area contributed by atoms with Gasteiger partial charge in [-0.1, -0.05) is 0 Å². The molecule has 1 N–H and O–H groups in total. The van der Waals surface area contributed by atoms with Crippen LogP contribution in [-0.4, -0.2) is 42.6 Å². The van der Waals surface area contributed by atoms with Gasteiger partial charge in [-0.25, -0.2) is 4.98 Å². The van der Waals surface area contributed by atoms with E-state index in [4.69, 9.17) is 14.2 Å². The Morgan fingerprint density at radius 3 is 2.16 bits per heavy atom. The average Bonchev–Trinajstić information content (AvgIpc) is 3.22. The predicted molar refractivity (Wildman–Crippen MR) is 117 cm³/mol. The number of rotatable bonds is 8. The van der Waals surface area contributed by atoms with Gasteiger partial charge in [0.2, 0.25) is 17.4 Å². The Bertz CT molecular complexity index is 1090. The number of aryl methyl sites for hydroxylation is 1. The van der Waals surface area contributed by atoms with Gasteiger partial charge in [-0.05, 0) is 48.0 Å². The average molecular weight is 421 g/mol. The highest BCUT2D eigenvalue weighted by atomic mass is 16.5. The lowest BCUT2D eigenvalue weighted by Crippen LogP contribution is -2.10. The van der Waals surface area contributed by atoms with E-state index < -0.39 is 0 Å². The number of ketones is 1. The van der Waals surface area contributed by atoms with E-state index in [-0.39, 0.29) is 11.7 Å². The first-order valence-electron chi connectivity index (χ1n) is 9.38. The van der Waals surface area contributed by atoms with Crippen LogP contribution in [0.4, 0.5) is 5.69 Å². The Morgan fingerprint density at radius 2 is 1.65 bits per heavy atom. The molecule has 0 atom stereocenters. The van der Waals surface area contributed by atoms with Crippen molar-refractivity contribution in [2.75, 3.05) is 26.6 Å². The number of carbonyl (C=O) groups is 2. The van der Waals surface area contributed by atoms with Gasteiger partial charge >= 0.3 is 0 Å². The quantitative estimate of drug-likeness (QED) is 0.443. The molecule has 0 spiro atoms. The monoisotopic (exact) mass is 421 g/mol. The van der Waals surface area contributed by atoms with E-state index >= 15 is 0 Å². The maximum absolute atomic E-state index is 12.5. The first-order valence-corrected chi connectivity index (χ1v) is 9.38. The number of anilines is 1. The zero-order chi connectivity index (χ0) is 22.4. The number of amides is 1. The van der Waals surface area contributed by atoms with Crippen molar-refractivity contribution in [1.82, 2.24) is 9.55 Å². The van der Waals surface area contributed by atoms with Crippen LogP contribution in [0.5, 0.6) is 17.2 Å². The lowest BCUT2D eigenvalue weighted by molar-refractivity contribution is -0.111. The fraction of sp³-hybridized carbons (Fsp3) is 0.174. The number of nitrogens with one attached hydrogen (secondary N) is 1. The Balaban J connectivity index is 1.69. The second-order valence-electron chi connectivity index (χ2n) is 6.55. The summed E-state index contributed by atoms with van der Waals surface area (Å²) < 4.78 is 17.6. The molecule has 0 radical (unpaired) electrons. The molecule has 0 aliphatic rings. The van der Waals surface area contributed by atoms with Crippen molar-refractivity contribution in [1.29, 1.82) is 0 Å². The Morgan fingerprint density at radius 1 is 1.00 bits per heavy atom. The number of imidazole rings is 1. The SMILES string of the molecule is COc1cc(/C=C/C(=O)Nc2ccc(C(=O)c3nccn3C)cc2)cc(OC)c1OC. The van der Waals surface area contributed by atoms with Gasteiger partial charge < -0.3 is 24.1 Å². The molecule has 2 aromatic carbocycles. The van der Waals surface area contributed by atoms with Crippen molar-refractivity contribution in [3.05, 3.63) is 71.8 Å². The molecule has 1 heterocycles. The molecule has 1 aromatic heterocycles. The highest BCUT2D eigenvalue weighted by Crippen LogP contribution is 2.38. The van der Waals surface area contributed by atoms with Crippen molar-refractivity contribution < 1.29 is 23.8 Å². The second kappa shape index (κ2) is 9.62. The van der Waals surface area contributed by atoms with Crippen LogP contribution in [0.3, 0.4) is 0 Å². The minimum atomic E-state index is -0.322. The van der Waals surface area contributed by atoms with Crippen LogP contribution in [0.2, 0.25) is 0 Å². The maximum Gasteiger partial charge on any atom is 0.248 e. The predicted octanol–water partition coefficient (Wildman–Crippen LogP) is 3.33. The summed E-state index contributed by atoms with van der Waals surface area (Å²) in [5, 5.41) is 2.76. The normalized spacial score (nSPS) is 10.7. The number of methoxy groups -OCH3 is 3. The number of nitrogens with zero attached hydrogens (tertiary/aromatic N) is 2. The molecule has 0 aliphatic heterocycles. The summed E-state index contributed by atoms with van der Waals surface area (Å²) in [6.45, 7) is 0. The molecule has 3 rings (SSSR count). The van der Waals surface area contributed by atoms with Gasteiger partial charge in [0, 0.05) is 36.8 Å². The van der Waals surface area contributed by atoms with E-state index in [0.29, 0.717) is 39.9 Å². The molecule has 0 saturated heterocycles. The standard InChI is InChI=1S/C23H23N3O5/c1-26-12-11-24-23(26)21(28)16-6-8-17(9-7-16)25-20(27)10-5-15-13-18(29-2)22(31-4)19(14-15)30-3/h5-14H,1-4H3,(H,25,27)/b10-5+. The first kappa shape index (κ1) is 21.6. The zero-order valence-electron chi connectivity index (χ0n) is 17.7. The van der Waals surface area contributed by atoms with Crippen molar-refractivity contribution >= 4 is 23.5 Å². The van der Waals surface area contributed by atoms with Crippen LogP contribution in [-0.2, 0) is 11.8 Å². The van der Waals surface area contributed by atoms with E-state index in [0.717, 1.165) is 0 Å². The summed E-state index contributed by atoms with van der Waals surface area (Å²) in [6.07, 6.45) is 6.32. The molecule has 8 nitrogen and oxygen atoms in total. The number of benzene rings is 2. The van der Waals surface area contributed by atoms with Gasteiger partial charge in [0.1, 0.15) is 0 Å². The molecule has 8 heteroatoms. The summed E-state index contributed by atoms with van der Waals surface area (Å²) in [7, 11) is 6.34. The molecule has 0 bridgehead atoms. The van der Waals surface area contributed by atoms with Crippen LogP contribution < -0.4 is 19.5 Å². The van der Waals surface area contributed by atoms with Crippen LogP contribution in [0, 0.1) is 0 Å². The molecular weight excluding hydrogens is 398 g/mol. The third-order valence-electron chi connectivity index (χ3n) is 4.55. The molecule has 1 amide bonds. The van der Waals surface area contributed by atoms with E-state index in [2.05, 4.69) is 10.3 Å². The third kappa shape index (κ3) is 4.92. The minimum absolute atomic E-state index is 0.187. The van der Waals surface area contributed by atoms with E-state index in [1.807, 2.05) is 0 Å². The number of aromatic nitrogens is 2. The van der Waals surface area contributed by atoms with Gasteiger partial charge in [0.05, 0.1) is 21.3 Å². The zero-order valence-corrected chi connectivity index (χ0v) is 17.7. The molecule has 0 unspecified atom stereocenters. The number of hydrogen-bond donors (Lipinski definition) is 1. The molecule has 0 aliphatic carbocycles. The molecular formula is C23H23N3O5. The van der Waals surface area contributed by atoms with E-state index in [1.54, 1.807) is 66.5 Å². The summed E-state index contributed by atoms with van der Waals surface area (Å²) >= 11 is 0. The van der Waals surface area contributed by atoms with Gasteiger partial charge in [-0.2, -0.15) is 0 Å². The van der Waals surface area contributed by atoms with Gasteiger partial charge in [-0.3, -0.25) is 9.59 Å². The molecule has 3 aromatic rings. The Hall–Kier alpha value is -4.07. The molecule has 0 saturated carbocycles. The van der Waals surface area contributed by atoms with Crippen LogP contribution in [0.15, 0.2) is 54.9 Å². The minimum Gasteiger partial charge on any atom is -0.493 e. The van der Waals surface area contributed by atoms with Crippen LogP contribution in [0.1, 0.15) is 21.7 Å². The van der Waals surface area contributed by atoms with Crippen molar-refractivity contribution in [3.8, 4) is 17.2 Å². The summed E-state index contributed by atoms with van der Waals surface area (Å²) in [6, 6.07) is 10.1. The number of ether oxygens (including phenoxy) is 3. The van der Waals surface area contributed by atoms with Crippen LogP contribution >= 0.6 is 0 Å². The summed E-state index contributed by atoms with van der Waals surface area (Å²) in [5.41, 5.74) is 1.76. The van der Waals surface area contributed by atoms with Gasteiger partial charge in [0.15, 0.2) is 17.3 Å². The smallest absolute Gasteiger partial charge is 0.248 e. The third-order valence-corrected chi connectivity index (χ3v) is 4.55. The van der Waals surface area contributed by atoms with Crippen LogP contribution in [0.25, 0.3) is 6.08 Å². The molecule has 31 heavy (non-hydrogen) atoms. The highest BCUT2D eigenvalue weighted by Gasteiger charge is 2.14. The number of carbonyl (C=O) groups excluding carboxylic acids is 2. The van der Waals surface area contributed by atoms with Crippen molar-refractivity contribution in [2.45, 2.75) is 0 Å². The van der Waals surface area contributed by atoms with E-state index in [1.165, 1.54) is 27.4 Å². The van der Waals surface area contributed by atoms with Gasteiger partial charge in [0.25, 0.3) is 0 Å². The lowest BCUT2D eigenvalue weighted by Gasteiger charge is -2.12. The van der Waals surface area contributed by atoms with E-state index in [9.17, 15) is 9.59 Å². The Kier molecular flexibility index (Phi) is 6.71. The molecule has 0 fully saturated rings. The number of hydrogen-bond acceptors (Lipinski definition) is 6. The Labute approximate surface area is 180 Å². The summed E-state index contributed by atoms with van der Waals surface area (Å²) in [4.78, 5) is 28.8. The second-order valence-corrected chi connectivity index (χ2v) is 6.55. The maximum atomic E-state index is 12.5.